The van der Waals surface area contributed by atoms with Crippen molar-refractivity contribution in [2.24, 2.45) is 0 Å². The molecule has 28 heavy (non-hydrogen) atoms. The average Bonchev–Trinajstić information content (AvgIpc) is 3.02. The van der Waals surface area contributed by atoms with E-state index >= 15 is 0 Å². The molecule has 0 saturated heterocycles. The fourth-order valence-electron chi connectivity index (χ4n) is 2.79. The monoisotopic (exact) mass is 382 g/mol. The Balaban J connectivity index is 2.17. The number of halogens is 1. The maximum Gasteiger partial charge on any atom is 0.339 e. The lowest BCUT2D eigenvalue weighted by Gasteiger charge is -2.15. The van der Waals surface area contributed by atoms with Crippen molar-refractivity contribution in [3.05, 3.63) is 64.7 Å². The van der Waals surface area contributed by atoms with Crippen LogP contribution >= 0.6 is 0 Å². The van der Waals surface area contributed by atoms with E-state index in [1.54, 1.807) is 4.68 Å². The third kappa shape index (κ3) is 3.88. The van der Waals surface area contributed by atoms with Crippen LogP contribution in [0.1, 0.15) is 48.0 Å². The first kappa shape index (κ1) is 19.5. The first-order valence-corrected chi connectivity index (χ1v) is 8.90. The molecule has 2 aromatic heterocycles. The molecule has 0 radical (unpaired) electrons. The number of hydrogen-bond acceptors (Lipinski definition) is 4. The molecule has 3 aromatic rings. The molecule has 3 rings (SSSR count). The summed E-state index contributed by atoms with van der Waals surface area (Å²) in [6, 6.07) is 8.84. The van der Waals surface area contributed by atoms with Crippen molar-refractivity contribution >= 4 is 17.6 Å². The van der Waals surface area contributed by atoms with Gasteiger partial charge in [-0.1, -0.05) is 32.9 Å². The van der Waals surface area contributed by atoms with Crippen LogP contribution in [-0.4, -0.2) is 25.8 Å². The Morgan fingerprint density at radius 3 is 2.54 bits per heavy atom. The SMILES string of the molecule is Cc1ccc(C)c(-n2nc(C(C)(C)C)cc2Nc2ncc(F)cc2C(=O)O)c1. The lowest BCUT2D eigenvalue weighted by Crippen LogP contribution is -2.13. The molecule has 7 heteroatoms. The Hall–Kier alpha value is -3.22. The van der Waals surface area contributed by atoms with E-state index in [9.17, 15) is 14.3 Å². The number of aryl methyl sites for hydroxylation is 2. The van der Waals surface area contributed by atoms with Crippen molar-refractivity contribution in [1.29, 1.82) is 0 Å². The number of nitrogens with one attached hydrogen (secondary N) is 1. The van der Waals surface area contributed by atoms with Crippen LogP contribution in [0.4, 0.5) is 16.0 Å². The molecule has 0 unspecified atom stereocenters. The molecule has 0 amide bonds. The highest BCUT2D eigenvalue weighted by atomic mass is 19.1. The summed E-state index contributed by atoms with van der Waals surface area (Å²) < 4.78 is 15.2. The quantitative estimate of drug-likeness (QED) is 0.680. The van der Waals surface area contributed by atoms with Gasteiger partial charge in [0, 0.05) is 11.5 Å². The van der Waals surface area contributed by atoms with E-state index in [0.29, 0.717) is 5.82 Å². The normalized spacial score (nSPS) is 11.5. The Morgan fingerprint density at radius 2 is 1.89 bits per heavy atom. The Kier molecular flexibility index (Phi) is 4.93. The number of hydrogen-bond donors (Lipinski definition) is 2. The lowest BCUT2D eigenvalue weighted by molar-refractivity contribution is 0.0697. The van der Waals surface area contributed by atoms with E-state index in [0.717, 1.165) is 34.8 Å². The van der Waals surface area contributed by atoms with Crippen LogP contribution in [0.3, 0.4) is 0 Å². The number of carboxylic acids is 1. The van der Waals surface area contributed by atoms with Crippen molar-refractivity contribution in [1.82, 2.24) is 14.8 Å². The topological polar surface area (TPSA) is 80.0 Å². The van der Waals surface area contributed by atoms with Gasteiger partial charge in [0.15, 0.2) is 0 Å². The molecule has 0 atom stereocenters. The van der Waals surface area contributed by atoms with Gasteiger partial charge in [0.2, 0.25) is 0 Å². The largest absolute Gasteiger partial charge is 0.478 e. The first-order valence-electron chi connectivity index (χ1n) is 8.90. The highest BCUT2D eigenvalue weighted by Gasteiger charge is 2.23. The van der Waals surface area contributed by atoms with Gasteiger partial charge >= 0.3 is 5.97 Å². The van der Waals surface area contributed by atoms with Crippen LogP contribution < -0.4 is 5.32 Å². The highest BCUT2D eigenvalue weighted by Crippen LogP contribution is 2.30. The van der Waals surface area contributed by atoms with Crippen molar-refractivity contribution < 1.29 is 14.3 Å². The Morgan fingerprint density at radius 1 is 1.18 bits per heavy atom. The van der Waals surface area contributed by atoms with Crippen LogP contribution in [0.15, 0.2) is 36.5 Å². The molecule has 1 aromatic carbocycles. The van der Waals surface area contributed by atoms with Gasteiger partial charge in [-0.3, -0.25) is 0 Å². The summed E-state index contributed by atoms with van der Waals surface area (Å²) in [5.41, 5.74) is 3.33. The molecule has 2 N–H and O–H groups in total. The number of anilines is 2. The summed E-state index contributed by atoms with van der Waals surface area (Å²) in [5.74, 6) is -1.36. The maximum atomic E-state index is 13.5. The van der Waals surface area contributed by atoms with Gasteiger partial charge in [0.25, 0.3) is 0 Å². The number of carboxylic acid groups (broad SMARTS) is 1. The highest BCUT2D eigenvalue weighted by molar-refractivity contribution is 5.93. The fourth-order valence-corrected chi connectivity index (χ4v) is 2.79. The van der Waals surface area contributed by atoms with Crippen LogP contribution in [0.2, 0.25) is 0 Å². The predicted molar refractivity (Wildman–Crippen MR) is 106 cm³/mol. The summed E-state index contributed by atoms with van der Waals surface area (Å²) in [6.07, 6.45) is 0.984. The third-order valence-electron chi connectivity index (χ3n) is 4.40. The van der Waals surface area contributed by atoms with E-state index in [1.165, 1.54) is 0 Å². The van der Waals surface area contributed by atoms with Crippen molar-refractivity contribution in [3.8, 4) is 5.69 Å². The summed E-state index contributed by atoms with van der Waals surface area (Å²) in [6.45, 7) is 10.1. The molecule has 0 aliphatic rings. The molecule has 0 bridgehead atoms. The number of pyridine rings is 1. The minimum Gasteiger partial charge on any atom is -0.478 e. The maximum absolute atomic E-state index is 13.5. The second-order valence-corrected chi connectivity index (χ2v) is 7.85. The minimum atomic E-state index is -1.26. The zero-order chi connectivity index (χ0) is 20.6. The Bertz CT molecular complexity index is 1050. The Labute approximate surface area is 163 Å². The number of aromatic carboxylic acids is 1. The molecular weight excluding hydrogens is 359 g/mol. The average molecular weight is 382 g/mol. The second kappa shape index (κ2) is 7.07. The molecule has 146 valence electrons. The van der Waals surface area contributed by atoms with Gasteiger partial charge in [-0.15, -0.1) is 0 Å². The zero-order valence-corrected chi connectivity index (χ0v) is 16.5. The molecule has 6 nitrogen and oxygen atoms in total. The fraction of sp³-hybridized carbons (Fsp3) is 0.286. The van der Waals surface area contributed by atoms with E-state index < -0.39 is 11.8 Å². The molecule has 0 aliphatic heterocycles. The van der Waals surface area contributed by atoms with Crippen molar-refractivity contribution in [2.45, 2.75) is 40.0 Å². The summed E-state index contributed by atoms with van der Waals surface area (Å²) >= 11 is 0. The number of carbonyl (C=O) groups is 1. The molecule has 2 heterocycles. The lowest BCUT2D eigenvalue weighted by atomic mass is 9.92. The summed E-state index contributed by atoms with van der Waals surface area (Å²) in [7, 11) is 0. The molecular formula is C21H23FN4O2. The smallest absolute Gasteiger partial charge is 0.339 e. The number of nitrogens with zero attached hydrogens (tertiary/aromatic N) is 3. The standard InChI is InChI=1S/C21H23FN4O2/c1-12-6-7-13(2)16(8-12)26-18(10-17(25-26)21(3,4)5)24-19-15(20(27)28)9-14(22)11-23-19/h6-11H,1-5H3,(H,23,24)(H,27,28). The molecule has 0 saturated carbocycles. The first-order chi connectivity index (χ1) is 13.1. The molecule has 0 aliphatic carbocycles. The number of aromatic nitrogens is 3. The van der Waals surface area contributed by atoms with Gasteiger partial charge in [0.1, 0.15) is 23.0 Å². The van der Waals surface area contributed by atoms with Crippen molar-refractivity contribution in [3.63, 3.8) is 0 Å². The third-order valence-corrected chi connectivity index (χ3v) is 4.40. The van der Waals surface area contributed by atoms with Crippen LogP contribution in [0, 0.1) is 19.7 Å². The summed E-state index contributed by atoms with van der Waals surface area (Å²) in [4.78, 5) is 15.4. The van der Waals surface area contributed by atoms with Crippen LogP contribution in [0.5, 0.6) is 0 Å². The molecule has 0 spiro atoms. The van der Waals surface area contributed by atoms with Gasteiger partial charge < -0.3 is 10.4 Å². The number of rotatable bonds is 4. The zero-order valence-electron chi connectivity index (χ0n) is 16.5. The van der Waals surface area contributed by atoms with E-state index in [-0.39, 0.29) is 16.8 Å². The number of benzene rings is 1. The van der Waals surface area contributed by atoms with Crippen molar-refractivity contribution in [2.75, 3.05) is 5.32 Å². The summed E-state index contributed by atoms with van der Waals surface area (Å²) in [5, 5.41) is 17.2. The second-order valence-electron chi connectivity index (χ2n) is 7.85. The van der Waals surface area contributed by atoms with Gasteiger partial charge in [-0.2, -0.15) is 5.10 Å². The van der Waals surface area contributed by atoms with E-state index in [1.807, 2.05) is 58.9 Å². The predicted octanol–water partition coefficient (Wildman–Crippen LogP) is 4.76. The van der Waals surface area contributed by atoms with Gasteiger partial charge in [-0.25, -0.2) is 18.9 Å². The molecule has 0 fully saturated rings. The van der Waals surface area contributed by atoms with Gasteiger partial charge in [-0.05, 0) is 37.1 Å². The minimum absolute atomic E-state index is 0.0563. The van der Waals surface area contributed by atoms with Crippen LogP contribution in [0.25, 0.3) is 5.69 Å². The van der Waals surface area contributed by atoms with Gasteiger partial charge in [0.05, 0.1) is 17.6 Å². The van der Waals surface area contributed by atoms with E-state index in [2.05, 4.69) is 10.3 Å². The van der Waals surface area contributed by atoms with E-state index in [4.69, 9.17) is 5.10 Å². The van der Waals surface area contributed by atoms with Crippen LogP contribution in [-0.2, 0) is 5.41 Å².